The second kappa shape index (κ2) is 9.57. The van der Waals surface area contributed by atoms with E-state index < -0.39 is 24.3 Å². The number of nitrogens with zero attached hydrogens (tertiary/aromatic N) is 1. The maximum Gasteiger partial charge on any atom is 0.486 e. The van der Waals surface area contributed by atoms with Crippen molar-refractivity contribution in [3.05, 3.63) is 120 Å². The normalized spacial score (nSPS) is 17.2. The number of carbonyl (C=O) groups excluding carboxylic acids is 1. The van der Waals surface area contributed by atoms with E-state index in [1.165, 1.54) is 0 Å². The molecular weight excluding hydrogens is 445 g/mol. The van der Waals surface area contributed by atoms with Gasteiger partial charge in [0.2, 0.25) is 0 Å². The van der Waals surface area contributed by atoms with Crippen LogP contribution in [0, 0.1) is 0 Å². The molecule has 0 aliphatic carbocycles. The largest absolute Gasteiger partial charge is 0.486 e. The third-order valence-electron chi connectivity index (χ3n) is 7.46. The summed E-state index contributed by atoms with van der Waals surface area (Å²) in [6, 6.07) is 34.1. The van der Waals surface area contributed by atoms with Crippen molar-refractivity contribution in [2.75, 3.05) is 0 Å². The highest BCUT2D eigenvalue weighted by molar-refractivity contribution is 6.48. The molecule has 1 amide bonds. The van der Waals surface area contributed by atoms with Crippen molar-refractivity contribution in [2.24, 2.45) is 0 Å². The highest BCUT2D eigenvalue weighted by Gasteiger charge is 2.56. The van der Waals surface area contributed by atoms with Crippen LogP contribution in [0.25, 0.3) is 10.8 Å². The van der Waals surface area contributed by atoms with Crippen LogP contribution >= 0.6 is 0 Å². The molecule has 5 heteroatoms. The van der Waals surface area contributed by atoms with Crippen LogP contribution in [0.15, 0.2) is 103 Å². The number of carbonyl (C=O) groups is 1. The maximum absolute atomic E-state index is 14.3. The van der Waals surface area contributed by atoms with Crippen LogP contribution in [0.5, 0.6) is 0 Å². The van der Waals surface area contributed by atoms with Gasteiger partial charge in [0.15, 0.2) is 0 Å². The Balaban J connectivity index is 1.62. The van der Waals surface area contributed by atoms with Crippen molar-refractivity contribution in [2.45, 2.75) is 51.4 Å². The predicted octanol–water partition coefficient (Wildman–Crippen LogP) is 6.85. The Hall–Kier alpha value is -3.41. The molecule has 0 N–H and O–H groups in total. The van der Waals surface area contributed by atoms with Crippen molar-refractivity contribution in [3.8, 4) is 0 Å². The van der Waals surface area contributed by atoms with E-state index in [9.17, 15) is 4.79 Å². The highest BCUT2D eigenvalue weighted by Crippen LogP contribution is 2.42. The van der Waals surface area contributed by atoms with Crippen molar-refractivity contribution in [3.63, 3.8) is 0 Å². The van der Waals surface area contributed by atoms with E-state index in [4.69, 9.17) is 9.31 Å². The lowest BCUT2D eigenvalue weighted by Gasteiger charge is -2.34. The molecule has 182 valence electrons. The van der Waals surface area contributed by atoms with Gasteiger partial charge in [-0.3, -0.25) is 4.79 Å². The smallest absolute Gasteiger partial charge is 0.402 e. The molecule has 5 rings (SSSR count). The van der Waals surface area contributed by atoms with Crippen LogP contribution < -0.4 is 0 Å². The van der Waals surface area contributed by atoms with Gasteiger partial charge in [-0.05, 0) is 61.7 Å². The first-order valence-corrected chi connectivity index (χ1v) is 12.5. The summed E-state index contributed by atoms with van der Waals surface area (Å²) in [5.74, 6) is -0.500. The summed E-state index contributed by atoms with van der Waals surface area (Å²) < 4.78 is 13.1. The minimum atomic E-state index is -0.620. The Kier molecular flexibility index (Phi) is 6.46. The average molecular weight is 477 g/mol. The number of hydrogen-bond acceptors (Lipinski definition) is 3. The van der Waals surface area contributed by atoms with Crippen LogP contribution in [0.3, 0.4) is 0 Å². The first-order chi connectivity index (χ1) is 17.2. The molecule has 1 saturated heterocycles. The fraction of sp³-hybridized carbons (Fsp3) is 0.258. The topological polar surface area (TPSA) is 38.8 Å². The van der Waals surface area contributed by atoms with Gasteiger partial charge in [-0.15, -0.1) is 0 Å². The van der Waals surface area contributed by atoms with E-state index >= 15 is 0 Å². The molecule has 0 radical (unpaired) electrons. The van der Waals surface area contributed by atoms with Crippen molar-refractivity contribution < 1.29 is 14.1 Å². The van der Waals surface area contributed by atoms with Crippen LogP contribution in [0.2, 0.25) is 0 Å². The van der Waals surface area contributed by atoms with E-state index in [-0.39, 0.29) is 5.91 Å². The van der Waals surface area contributed by atoms with Crippen LogP contribution in [-0.4, -0.2) is 29.1 Å². The molecule has 0 bridgehead atoms. The molecule has 1 unspecified atom stereocenters. The molecule has 1 fully saturated rings. The quantitative estimate of drug-likeness (QED) is 0.285. The van der Waals surface area contributed by atoms with Gasteiger partial charge in [-0.2, -0.15) is 0 Å². The minimum absolute atomic E-state index is 0.0619. The van der Waals surface area contributed by atoms with Crippen molar-refractivity contribution >= 4 is 23.8 Å². The van der Waals surface area contributed by atoms with Gasteiger partial charge in [-0.25, -0.2) is 0 Å². The maximum atomic E-state index is 14.3. The molecule has 1 atom stereocenters. The SMILES string of the molecule is CC1(C)OB(C(c2ccccc2)N(Cc2ccccc2)C(=O)c2ccc3ccccc3c2)OC1(C)C. The molecule has 4 aromatic rings. The Bertz CT molecular complexity index is 1340. The summed E-state index contributed by atoms with van der Waals surface area (Å²) in [7, 11) is -0.620. The molecule has 36 heavy (non-hydrogen) atoms. The number of amides is 1. The number of fused-ring (bicyclic) bond motifs is 1. The summed E-state index contributed by atoms with van der Waals surface area (Å²) in [5.41, 5.74) is 1.62. The predicted molar refractivity (Wildman–Crippen MR) is 146 cm³/mol. The molecule has 0 saturated carbocycles. The van der Waals surface area contributed by atoms with Gasteiger partial charge in [0, 0.05) is 12.1 Å². The fourth-order valence-electron chi connectivity index (χ4n) is 4.72. The Morgan fingerprint density at radius 3 is 1.94 bits per heavy atom. The second-order valence-corrected chi connectivity index (χ2v) is 10.5. The van der Waals surface area contributed by atoms with Gasteiger partial charge >= 0.3 is 7.12 Å². The van der Waals surface area contributed by atoms with E-state index in [2.05, 4.69) is 6.07 Å². The standard InChI is InChI=1S/C31H32BNO3/c1-30(2)31(3,4)36-32(35-30)28(25-16-9-6-10-17-25)33(22-23-13-7-5-8-14-23)29(34)27-20-19-24-15-11-12-18-26(24)21-27/h5-21,28H,22H2,1-4H3. The minimum Gasteiger partial charge on any atom is -0.402 e. The van der Waals surface area contributed by atoms with Crippen LogP contribution in [0.1, 0.15) is 55.1 Å². The van der Waals surface area contributed by atoms with Crippen molar-refractivity contribution in [1.82, 2.24) is 4.90 Å². The Labute approximate surface area is 214 Å². The zero-order chi connectivity index (χ0) is 25.3. The number of hydrogen-bond donors (Lipinski definition) is 0. The van der Waals surface area contributed by atoms with Gasteiger partial charge < -0.3 is 14.2 Å². The summed E-state index contributed by atoms with van der Waals surface area (Å²) in [5, 5.41) is 2.14. The van der Waals surface area contributed by atoms with E-state index in [1.807, 2.05) is 130 Å². The first-order valence-electron chi connectivity index (χ1n) is 12.5. The lowest BCUT2D eigenvalue weighted by Crippen LogP contribution is -2.44. The zero-order valence-electron chi connectivity index (χ0n) is 21.3. The fourth-order valence-corrected chi connectivity index (χ4v) is 4.72. The van der Waals surface area contributed by atoms with Gasteiger partial charge in [0.05, 0.1) is 17.1 Å². The summed E-state index contributed by atoms with van der Waals surface area (Å²) in [6.07, 6.45) is 0. The zero-order valence-corrected chi connectivity index (χ0v) is 21.3. The molecule has 1 aliphatic rings. The lowest BCUT2D eigenvalue weighted by atomic mass is 9.72. The first kappa shape index (κ1) is 24.3. The van der Waals surface area contributed by atoms with E-state index in [1.54, 1.807) is 0 Å². The monoisotopic (exact) mass is 477 g/mol. The molecule has 0 aromatic heterocycles. The third-order valence-corrected chi connectivity index (χ3v) is 7.46. The molecule has 1 aliphatic heterocycles. The molecular formula is C31H32BNO3. The third kappa shape index (κ3) is 4.69. The summed E-state index contributed by atoms with van der Waals surface area (Å²) in [4.78, 5) is 16.2. The number of benzene rings is 4. The van der Waals surface area contributed by atoms with Crippen LogP contribution in [-0.2, 0) is 15.9 Å². The second-order valence-electron chi connectivity index (χ2n) is 10.5. The molecule has 4 aromatic carbocycles. The van der Waals surface area contributed by atoms with Gasteiger partial charge in [0.25, 0.3) is 5.91 Å². The van der Waals surface area contributed by atoms with E-state index in [0.29, 0.717) is 12.1 Å². The average Bonchev–Trinajstić information content (AvgIpc) is 3.10. The van der Waals surface area contributed by atoms with Crippen LogP contribution in [0.4, 0.5) is 0 Å². The van der Waals surface area contributed by atoms with E-state index in [0.717, 1.165) is 21.9 Å². The van der Waals surface area contributed by atoms with Gasteiger partial charge in [-0.1, -0.05) is 91.0 Å². The lowest BCUT2D eigenvalue weighted by molar-refractivity contribution is 0.00578. The van der Waals surface area contributed by atoms with Crippen molar-refractivity contribution in [1.29, 1.82) is 0 Å². The molecule has 1 heterocycles. The highest BCUT2D eigenvalue weighted by atomic mass is 16.7. The molecule has 0 spiro atoms. The number of rotatable bonds is 6. The van der Waals surface area contributed by atoms with Gasteiger partial charge in [0.1, 0.15) is 0 Å². The Morgan fingerprint density at radius 1 is 0.750 bits per heavy atom. The summed E-state index contributed by atoms with van der Waals surface area (Å²) >= 11 is 0. The Morgan fingerprint density at radius 2 is 1.31 bits per heavy atom. The summed E-state index contributed by atoms with van der Waals surface area (Å²) in [6.45, 7) is 8.60. The molecule has 4 nitrogen and oxygen atoms in total.